The summed E-state index contributed by atoms with van der Waals surface area (Å²) >= 11 is 0. The first-order valence-electron chi connectivity index (χ1n) is 12.4. The van der Waals surface area contributed by atoms with E-state index in [9.17, 15) is 34.8 Å². The van der Waals surface area contributed by atoms with Crippen molar-refractivity contribution in [2.75, 3.05) is 39.8 Å². The van der Waals surface area contributed by atoms with E-state index in [0.717, 1.165) is 6.92 Å². The minimum atomic E-state index is -2.51. The van der Waals surface area contributed by atoms with Crippen molar-refractivity contribution < 1.29 is 44.3 Å². The molecule has 3 atom stereocenters. The van der Waals surface area contributed by atoms with Crippen LogP contribution in [0.15, 0.2) is 28.7 Å². The summed E-state index contributed by atoms with van der Waals surface area (Å²) in [5, 5.41) is 47.4. The van der Waals surface area contributed by atoms with Crippen molar-refractivity contribution >= 4 is 23.0 Å². The highest BCUT2D eigenvalue weighted by molar-refractivity contribution is 6.25. The van der Waals surface area contributed by atoms with E-state index in [1.54, 1.807) is 6.07 Å². The van der Waals surface area contributed by atoms with E-state index in [2.05, 4.69) is 5.32 Å². The number of ether oxygens (including phenoxy) is 2. The third-order valence-corrected chi connectivity index (χ3v) is 7.86. The Hall–Kier alpha value is -3.25. The number of nitrogens with one attached hydrogen (secondary N) is 1. The number of Topliss-reactive ketones (excluding diaryl/α,β-unsaturated/α-hetero) is 3. The van der Waals surface area contributed by atoms with E-state index in [0.29, 0.717) is 23.4 Å². The SMILES string of the molecule is COC(CNCc1cc(N(C)C)c2c(c1O)C(=O)C1=C(O)C3(O)C(=O)C(C(C)=O)=C(O)CC3CC1C2)OC. The molecule has 0 spiro atoms. The lowest BCUT2D eigenvalue weighted by Gasteiger charge is -2.46. The van der Waals surface area contributed by atoms with Crippen LogP contribution in [0, 0.1) is 11.8 Å². The van der Waals surface area contributed by atoms with Crippen molar-refractivity contribution in [1.82, 2.24) is 5.32 Å². The smallest absolute Gasteiger partial charge is 0.209 e. The number of hydrogen-bond donors (Lipinski definition) is 5. The van der Waals surface area contributed by atoms with Crippen LogP contribution < -0.4 is 10.2 Å². The zero-order valence-electron chi connectivity index (χ0n) is 22.1. The first-order chi connectivity index (χ1) is 17.9. The number of anilines is 1. The van der Waals surface area contributed by atoms with E-state index in [1.165, 1.54) is 14.2 Å². The van der Waals surface area contributed by atoms with E-state index in [-0.39, 0.29) is 42.7 Å². The molecule has 0 aliphatic heterocycles. The first-order valence-corrected chi connectivity index (χ1v) is 12.4. The number of nitrogens with zero attached hydrogens (tertiary/aromatic N) is 1. The molecule has 0 saturated heterocycles. The lowest BCUT2D eigenvalue weighted by atomic mass is 9.60. The lowest BCUT2D eigenvalue weighted by molar-refractivity contribution is -0.144. The number of benzene rings is 1. The molecule has 5 N–H and O–H groups in total. The Morgan fingerprint density at radius 1 is 1.18 bits per heavy atom. The molecule has 0 amide bonds. The number of aromatic hydroxyl groups is 1. The van der Waals surface area contributed by atoms with Crippen LogP contribution in [0.25, 0.3) is 0 Å². The molecule has 0 heterocycles. The van der Waals surface area contributed by atoms with Gasteiger partial charge >= 0.3 is 0 Å². The fourth-order valence-electron chi connectivity index (χ4n) is 5.95. The zero-order valence-corrected chi connectivity index (χ0v) is 22.1. The summed E-state index contributed by atoms with van der Waals surface area (Å²) in [5.74, 6) is -5.55. The summed E-state index contributed by atoms with van der Waals surface area (Å²) in [7, 11) is 6.63. The second kappa shape index (κ2) is 10.1. The molecule has 3 aliphatic rings. The van der Waals surface area contributed by atoms with Gasteiger partial charge in [-0.25, -0.2) is 0 Å². The maximum Gasteiger partial charge on any atom is 0.209 e. The molecule has 0 aromatic heterocycles. The fraction of sp³-hybridized carbons (Fsp3) is 0.519. The summed E-state index contributed by atoms with van der Waals surface area (Å²) in [4.78, 5) is 40.9. The summed E-state index contributed by atoms with van der Waals surface area (Å²) in [6.45, 7) is 1.59. The highest BCUT2D eigenvalue weighted by Gasteiger charge is 2.59. The Balaban J connectivity index is 1.81. The quantitative estimate of drug-likeness (QED) is 0.244. The Morgan fingerprint density at radius 2 is 1.84 bits per heavy atom. The number of ketones is 3. The molecule has 0 bridgehead atoms. The molecule has 38 heavy (non-hydrogen) atoms. The second-order valence-corrected chi connectivity index (χ2v) is 10.3. The van der Waals surface area contributed by atoms with E-state index >= 15 is 0 Å². The zero-order chi connectivity index (χ0) is 28.1. The van der Waals surface area contributed by atoms with Crippen LogP contribution in [0.5, 0.6) is 5.75 Å². The molecule has 206 valence electrons. The monoisotopic (exact) mass is 530 g/mol. The van der Waals surface area contributed by atoms with Crippen LogP contribution in [0.1, 0.15) is 41.3 Å². The van der Waals surface area contributed by atoms with Crippen molar-refractivity contribution in [3.8, 4) is 5.75 Å². The van der Waals surface area contributed by atoms with Crippen molar-refractivity contribution in [2.45, 2.75) is 44.6 Å². The molecule has 3 aliphatic carbocycles. The second-order valence-electron chi connectivity index (χ2n) is 10.3. The molecule has 11 heteroatoms. The molecular weight excluding hydrogens is 496 g/mol. The molecular formula is C27H34N2O9. The highest BCUT2D eigenvalue weighted by atomic mass is 16.7. The van der Waals surface area contributed by atoms with Gasteiger partial charge < -0.3 is 40.1 Å². The summed E-state index contributed by atoms with van der Waals surface area (Å²) in [6, 6.07) is 1.79. The Morgan fingerprint density at radius 3 is 2.42 bits per heavy atom. The Kier molecular flexibility index (Phi) is 7.41. The molecule has 4 rings (SSSR count). The van der Waals surface area contributed by atoms with Crippen molar-refractivity contribution in [1.29, 1.82) is 0 Å². The van der Waals surface area contributed by atoms with Crippen molar-refractivity contribution in [2.24, 2.45) is 11.8 Å². The van der Waals surface area contributed by atoms with Gasteiger partial charge in [0.25, 0.3) is 0 Å². The van der Waals surface area contributed by atoms with Gasteiger partial charge in [-0.05, 0) is 37.3 Å². The van der Waals surface area contributed by atoms with Gasteiger partial charge in [-0.1, -0.05) is 0 Å². The molecule has 0 radical (unpaired) electrons. The largest absolute Gasteiger partial charge is 0.511 e. The molecule has 3 unspecified atom stereocenters. The first kappa shape index (κ1) is 27.8. The minimum Gasteiger partial charge on any atom is -0.511 e. The fourth-order valence-corrected chi connectivity index (χ4v) is 5.95. The van der Waals surface area contributed by atoms with Crippen LogP contribution in [0.4, 0.5) is 5.69 Å². The Labute approximate surface area is 220 Å². The van der Waals surface area contributed by atoms with Gasteiger partial charge in [-0.3, -0.25) is 14.4 Å². The van der Waals surface area contributed by atoms with Gasteiger partial charge in [0.15, 0.2) is 23.5 Å². The number of fused-ring (bicyclic) bond motifs is 3. The summed E-state index contributed by atoms with van der Waals surface area (Å²) in [5.41, 5.74) is -1.52. The van der Waals surface area contributed by atoms with Crippen LogP contribution in [-0.2, 0) is 32.0 Å². The van der Waals surface area contributed by atoms with E-state index in [1.807, 2.05) is 19.0 Å². The number of aliphatic hydroxyl groups excluding tert-OH is 2. The number of methoxy groups -OCH3 is 2. The lowest BCUT2D eigenvalue weighted by Crippen LogP contribution is -2.56. The average Bonchev–Trinajstić information content (AvgIpc) is 2.84. The molecule has 0 saturated carbocycles. The van der Waals surface area contributed by atoms with Crippen LogP contribution in [-0.4, -0.2) is 84.5 Å². The highest BCUT2D eigenvalue weighted by Crippen LogP contribution is 2.52. The van der Waals surface area contributed by atoms with Crippen molar-refractivity contribution in [3.05, 3.63) is 45.4 Å². The molecule has 1 aromatic rings. The third kappa shape index (κ3) is 4.19. The van der Waals surface area contributed by atoms with Crippen LogP contribution in [0.2, 0.25) is 0 Å². The number of carbonyl (C=O) groups is 3. The van der Waals surface area contributed by atoms with Gasteiger partial charge in [0.2, 0.25) is 5.78 Å². The number of hydrogen-bond acceptors (Lipinski definition) is 11. The van der Waals surface area contributed by atoms with Crippen molar-refractivity contribution in [3.63, 3.8) is 0 Å². The number of rotatable bonds is 8. The number of aliphatic hydroxyl groups is 3. The van der Waals surface area contributed by atoms with E-state index < -0.39 is 58.2 Å². The number of allylic oxidation sites excluding steroid dienone is 2. The van der Waals surface area contributed by atoms with E-state index in [4.69, 9.17) is 9.47 Å². The maximum atomic E-state index is 13.9. The van der Waals surface area contributed by atoms with Gasteiger partial charge in [0.1, 0.15) is 22.8 Å². The molecule has 11 nitrogen and oxygen atoms in total. The van der Waals surface area contributed by atoms with Gasteiger partial charge in [-0.2, -0.15) is 0 Å². The normalized spacial score (nSPS) is 24.9. The van der Waals surface area contributed by atoms with Crippen LogP contribution >= 0.6 is 0 Å². The Bertz CT molecular complexity index is 1260. The predicted molar refractivity (Wildman–Crippen MR) is 136 cm³/mol. The number of phenols is 1. The summed E-state index contributed by atoms with van der Waals surface area (Å²) < 4.78 is 10.3. The third-order valence-electron chi connectivity index (χ3n) is 7.86. The average molecular weight is 531 g/mol. The van der Waals surface area contributed by atoms with Crippen LogP contribution in [0.3, 0.4) is 0 Å². The predicted octanol–water partition coefficient (Wildman–Crippen LogP) is 1.46. The van der Waals surface area contributed by atoms with Gasteiger partial charge in [0.05, 0.1) is 5.56 Å². The topological polar surface area (TPSA) is 166 Å². The van der Waals surface area contributed by atoms with Gasteiger partial charge in [-0.15, -0.1) is 0 Å². The minimum absolute atomic E-state index is 0.00341. The van der Waals surface area contributed by atoms with Gasteiger partial charge in [0, 0.05) is 70.6 Å². The summed E-state index contributed by atoms with van der Waals surface area (Å²) in [6.07, 6.45) is -0.319. The molecule has 1 aromatic carbocycles. The maximum absolute atomic E-state index is 13.9. The number of carbonyl (C=O) groups excluding carboxylic acids is 3. The number of phenolic OH excluding ortho intramolecular Hbond substituents is 1. The standard InChI is InChI=1S/C27H34N2O9/c1-12(30)20-18(31)9-15-6-13-7-16-17(29(2)3)8-14(10-28-11-19(37-4)38-5)23(32)22(16)24(33)21(13)26(35)27(15,36)25(20)34/h8,13,15,19,28,31-32,35-36H,6-7,9-11H2,1-5H3. The molecule has 0 fully saturated rings.